The second-order valence-electron chi connectivity index (χ2n) is 6.16. The van der Waals surface area contributed by atoms with Gasteiger partial charge in [0.05, 0.1) is 14.7 Å². The lowest BCUT2D eigenvalue weighted by molar-refractivity contribution is 0.0783. The first-order valence-electron chi connectivity index (χ1n) is 8.04. The van der Waals surface area contributed by atoms with Crippen molar-refractivity contribution in [3.05, 3.63) is 57.0 Å². The fourth-order valence-electron chi connectivity index (χ4n) is 3.28. The molecule has 4 rings (SSSR count). The number of carbonyl (C=O) groups excluding carboxylic acids is 1. The SMILES string of the molecule is O=C(c1cc2scc(Br)c2n1Cc1ccc(F)c(F)c1)N1CCCC1. The number of thiophene rings is 1. The number of fused-ring (bicyclic) bond motifs is 1. The molecule has 0 unspecified atom stereocenters. The maximum Gasteiger partial charge on any atom is 0.270 e. The van der Waals surface area contributed by atoms with Crippen LogP contribution in [0.15, 0.2) is 34.1 Å². The largest absolute Gasteiger partial charge is 0.337 e. The summed E-state index contributed by atoms with van der Waals surface area (Å²) in [6.45, 7) is 1.85. The predicted octanol–water partition coefficient (Wildman–Crippen LogP) is 5.03. The number of likely N-dealkylation sites (tertiary alicyclic amines) is 1. The van der Waals surface area contributed by atoms with Crippen molar-refractivity contribution in [3.63, 3.8) is 0 Å². The number of halogens is 3. The van der Waals surface area contributed by atoms with E-state index in [0.717, 1.165) is 46.7 Å². The molecule has 1 aliphatic rings. The number of nitrogens with zero attached hydrogens (tertiary/aromatic N) is 2. The molecule has 7 heteroatoms. The lowest BCUT2D eigenvalue weighted by Crippen LogP contribution is -2.29. The number of benzene rings is 1. The van der Waals surface area contributed by atoms with E-state index in [1.807, 2.05) is 20.9 Å². The summed E-state index contributed by atoms with van der Waals surface area (Å²) >= 11 is 5.09. The zero-order valence-electron chi connectivity index (χ0n) is 13.3. The molecular weight excluding hydrogens is 410 g/mol. The van der Waals surface area contributed by atoms with Crippen molar-refractivity contribution in [3.8, 4) is 0 Å². The Kier molecular flexibility index (Phi) is 4.37. The molecule has 0 saturated carbocycles. The van der Waals surface area contributed by atoms with E-state index in [1.165, 1.54) is 6.07 Å². The summed E-state index contributed by atoms with van der Waals surface area (Å²) in [4.78, 5) is 14.8. The number of rotatable bonds is 3. The molecule has 3 nitrogen and oxygen atoms in total. The Morgan fingerprint density at radius 3 is 2.64 bits per heavy atom. The molecule has 25 heavy (non-hydrogen) atoms. The van der Waals surface area contributed by atoms with Crippen molar-refractivity contribution in [1.82, 2.24) is 9.47 Å². The van der Waals surface area contributed by atoms with Crippen molar-refractivity contribution in [2.45, 2.75) is 19.4 Å². The molecule has 1 fully saturated rings. The Hall–Kier alpha value is -1.73. The van der Waals surface area contributed by atoms with Gasteiger partial charge in [0.15, 0.2) is 11.6 Å². The lowest BCUT2D eigenvalue weighted by Gasteiger charge is -2.17. The maximum atomic E-state index is 13.6. The Bertz CT molecular complexity index is 960. The second kappa shape index (κ2) is 6.53. The highest BCUT2D eigenvalue weighted by atomic mass is 79.9. The minimum absolute atomic E-state index is 0.00427. The first-order valence-corrected chi connectivity index (χ1v) is 9.71. The maximum absolute atomic E-state index is 13.6. The van der Waals surface area contributed by atoms with Crippen molar-refractivity contribution in [2.75, 3.05) is 13.1 Å². The van der Waals surface area contributed by atoms with Gasteiger partial charge in [-0.3, -0.25) is 4.79 Å². The van der Waals surface area contributed by atoms with Crippen LogP contribution < -0.4 is 0 Å². The molecule has 0 aliphatic carbocycles. The highest BCUT2D eigenvalue weighted by molar-refractivity contribution is 9.10. The smallest absolute Gasteiger partial charge is 0.270 e. The highest BCUT2D eigenvalue weighted by Crippen LogP contribution is 2.34. The van der Waals surface area contributed by atoms with Gasteiger partial charge in [-0.1, -0.05) is 6.07 Å². The molecule has 3 heterocycles. The van der Waals surface area contributed by atoms with Gasteiger partial charge in [-0.15, -0.1) is 11.3 Å². The molecule has 1 aromatic carbocycles. The van der Waals surface area contributed by atoms with E-state index in [0.29, 0.717) is 17.8 Å². The number of hydrogen-bond acceptors (Lipinski definition) is 2. The Labute approximate surface area is 156 Å². The molecule has 0 atom stereocenters. The van der Waals surface area contributed by atoms with Crippen LogP contribution in [0.25, 0.3) is 10.2 Å². The van der Waals surface area contributed by atoms with Gasteiger partial charge in [-0.2, -0.15) is 0 Å². The fraction of sp³-hybridized carbons (Fsp3) is 0.278. The van der Waals surface area contributed by atoms with E-state index in [-0.39, 0.29) is 5.91 Å². The first kappa shape index (κ1) is 16.7. The minimum atomic E-state index is -0.877. The van der Waals surface area contributed by atoms with Gasteiger partial charge < -0.3 is 9.47 Å². The Morgan fingerprint density at radius 2 is 1.92 bits per heavy atom. The van der Waals surface area contributed by atoms with Gasteiger partial charge in [0, 0.05) is 25.0 Å². The lowest BCUT2D eigenvalue weighted by atomic mass is 10.2. The van der Waals surface area contributed by atoms with Crippen molar-refractivity contribution >= 4 is 43.4 Å². The van der Waals surface area contributed by atoms with Crippen molar-refractivity contribution < 1.29 is 13.6 Å². The van der Waals surface area contributed by atoms with Gasteiger partial charge in [0.1, 0.15) is 5.69 Å². The van der Waals surface area contributed by atoms with Gasteiger partial charge in [0.25, 0.3) is 5.91 Å². The molecular formula is C18H15BrF2N2OS. The van der Waals surface area contributed by atoms with E-state index in [9.17, 15) is 13.6 Å². The van der Waals surface area contributed by atoms with Crippen LogP contribution in [-0.2, 0) is 6.54 Å². The fourth-order valence-corrected chi connectivity index (χ4v) is 4.97. The van der Waals surface area contributed by atoms with Gasteiger partial charge >= 0.3 is 0 Å². The van der Waals surface area contributed by atoms with Crippen LogP contribution in [0.5, 0.6) is 0 Å². The normalized spacial score (nSPS) is 14.6. The monoisotopic (exact) mass is 424 g/mol. The molecule has 3 aromatic rings. The third-order valence-electron chi connectivity index (χ3n) is 4.51. The number of carbonyl (C=O) groups is 1. The molecule has 0 radical (unpaired) electrons. The third-order valence-corrected chi connectivity index (χ3v) is 6.34. The Balaban J connectivity index is 1.79. The van der Waals surface area contributed by atoms with Crippen LogP contribution in [0.1, 0.15) is 28.9 Å². The van der Waals surface area contributed by atoms with E-state index in [2.05, 4.69) is 15.9 Å². The molecule has 1 aliphatic heterocycles. The first-order chi connectivity index (χ1) is 12.0. The third kappa shape index (κ3) is 3.00. The summed E-state index contributed by atoms with van der Waals surface area (Å²) in [7, 11) is 0. The number of hydrogen-bond donors (Lipinski definition) is 0. The quantitative estimate of drug-likeness (QED) is 0.578. The predicted molar refractivity (Wildman–Crippen MR) is 98.1 cm³/mol. The standard InChI is InChI=1S/C18H15BrF2N2OS/c19-12-10-25-16-8-15(18(24)22-5-1-2-6-22)23(17(12)16)9-11-3-4-13(20)14(21)7-11/h3-4,7-8,10H,1-2,5-6,9H2. The summed E-state index contributed by atoms with van der Waals surface area (Å²) in [5, 5.41) is 1.97. The molecule has 2 aromatic heterocycles. The zero-order chi connectivity index (χ0) is 17.6. The average Bonchev–Trinajstić information content (AvgIpc) is 3.30. The molecule has 0 bridgehead atoms. The Morgan fingerprint density at radius 1 is 1.16 bits per heavy atom. The molecule has 0 N–H and O–H groups in total. The van der Waals surface area contributed by atoms with E-state index in [1.54, 1.807) is 17.4 Å². The molecule has 0 spiro atoms. The van der Waals surface area contributed by atoms with Crippen LogP contribution in [0.4, 0.5) is 8.78 Å². The molecule has 130 valence electrons. The van der Waals surface area contributed by atoms with Crippen molar-refractivity contribution in [2.24, 2.45) is 0 Å². The summed E-state index contributed by atoms with van der Waals surface area (Å²) in [5.41, 5.74) is 2.12. The summed E-state index contributed by atoms with van der Waals surface area (Å²) in [5.74, 6) is -1.75. The topological polar surface area (TPSA) is 25.2 Å². The van der Waals surface area contributed by atoms with E-state index >= 15 is 0 Å². The van der Waals surface area contributed by atoms with Crippen LogP contribution in [0.2, 0.25) is 0 Å². The number of amides is 1. The minimum Gasteiger partial charge on any atom is -0.337 e. The van der Waals surface area contributed by atoms with E-state index < -0.39 is 11.6 Å². The zero-order valence-corrected chi connectivity index (χ0v) is 15.7. The van der Waals surface area contributed by atoms with Gasteiger partial charge in [-0.05, 0) is 52.5 Å². The molecule has 1 saturated heterocycles. The van der Waals surface area contributed by atoms with Crippen LogP contribution in [-0.4, -0.2) is 28.5 Å². The van der Waals surface area contributed by atoms with Crippen LogP contribution >= 0.6 is 27.3 Å². The van der Waals surface area contributed by atoms with Gasteiger partial charge in [-0.25, -0.2) is 8.78 Å². The van der Waals surface area contributed by atoms with Gasteiger partial charge in [0.2, 0.25) is 0 Å². The summed E-state index contributed by atoms with van der Waals surface area (Å²) in [6, 6.07) is 5.75. The second-order valence-corrected chi connectivity index (χ2v) is 7.93. The number of aromatic nitrogens is 1. The van der Waals surface area contributed by atoms with Crippen LogP contribution in [0, 0.1) is 11.6 Å². The highest BCUT2D eigenvalue weighted by Gasteiger charge is 2.25. The van der Waals surface area contributed by atoms with Crippen LogP contribution in [0.3, 0.4) is 0 Å². The van der Waals surface area contributed by atoms with Crippen molar-refractivity contribution in [1.29, 1.82) is 0 Å². The summed E-state index contributed by atoms with van der Waals surface area (Å²) < 4.78 is 30.6. The molecule has 1 amide bonds. The summed E-state index contributed by atoms with van der Waals surface area (Å²) in [6.07, 6.45) is 2.04. The average molecular weight is 425 g/mol. The van der Waals surface area contributed by atoms with E-state index in [4.69, 9.17) is 0 Å².